The number of aryl methyl sites for hydroxylation is 1. The van der Waals surface area contributed by atoms with Gasteiger partial charge in [0.25, 0.3) is 0 Å². The van der Waals surface area contributed by atoms with Crippen LogP contribution < -0.4 is 14.2 Å². The van der Waals surface area contributed by atoms with Crippen LogP contribution in [0.15, 0.2) is 78.9 Å². The minimum atomic E-state index is -1.34. The molecule has 1 atom stereocenters. The number of hydrogen-bond acceptors (Lipinski definition) is 5. The van der Waals surface area contributed by atoms with E-state index in [2.05, 4.69) is 49.4 Å². The molecule has 4 aromatic rings. The number of fused-ring (bicyclic) bond motifs is 2. The van der Waals surface area contributed by atoms with Gasteiger partial charge in [-0.05, 0) is 76.9 Å². The van der Waals surface area contributed by atoms with Crippen LogP contribution in [0.5, 0.6) is 17.2 Å². The molecule has 0 saturated carbocycles. The van der Waals surface area contributed by atoms with Gasteiger partial charge < -0.3 is 24.4 Å². The van der Waals surface area contributed by atoms with Crippen LogP contribution in [0.1, 0.15) is 45.7 Å². The second-order valence-electron chi connectivity index (χ2n) is 10.2. The Labute approximate surface area is 223 Å². The number of benzene rings is 4. The average molecular weight is 509 g/mol. The fourth-order valence-corrected chi connectivity index (χ4v) is 5.56. The highest BCUT2D eigenvalue weighted by Crippen LogP contribution is 2.43. The van der Waals surface area contributed by atoms with Crippen molar-refractivity contribution in [3.05, 3.63) is 112 Å². The smallest absolute Gasteiger partial charge is 0.152 e. The van der Waals surface area contributed by atoms with Crippen molar-refractivity contribution in [3.8, 4) is 28.4 Å². The maximum Gasteiger partial charge on any atom is 0.152 e. The third kappa shape index (κ3) is 5.00. The van der Waals surface area contributed by atoms with E-state index in [0.29, 0.717) is 19.8 Å². The van der Waals surface area contributed by atoms with E-state index in [4.69, 9.17) is 14.2 Å². The molecule has 38 heavy (non-hydrogen) atoms. The lowest BCUT2D eigenvalue weighted by Gasteiger charge is -2.28. The summed E-state index contributed by atoms with van der Waals surface area (Å²) in [4.78, 5) is 0. The number of aliphatic hydroxyl groups excluding tert-OH is 1. The first kappa shape index (κ1) is 24.5. The normalized spacial score (nSPS) is 15.4. The molecule has 2 N–H and O–H groups in total. The van der Waals surface area contributed by atoms with Crippen molar-refractivity contribution >= 4 is 0 Å². The Bertz CT molecular complexity index is 1440. The zero-order valence-corrected chi connectivity index (χ0v) is 21.5. The van der Waals surface area contributed by atoms with Crippen molar-refractivity contribution in [2.24, 2.45) is 0 Å². The highest BCUT2D eigenvalue weighted by atomic mass is 16.5. The van der Waals surface area contributed by atoms with Gasteiger partial charge in [-0.3, -0.25) is 0 Å². The van der Waals surface area contributed by atoms with E-state index in [9.17, 15) is 10.2 Å². The summed E-state index contributed by atoms with van der Waals surface area (Å²) in [6, 6.07) is 26.8. The zero-order chi connectivity index (χ0) is 26.1. The molecule has 194 valence electrons. The van der Waals surface area contributed by atoms with Crippen LogP contribution in [0, 0.1) is 6.92 Å². The van der Waals surface area contributed by atoms with Crippen molar-refractivity contribution in [1.29, 1.82) is 0 Å². The molecule has 2 aliphatic rings. The molecule has 5 heteroatoms. The van der Waals surface area contributed by atoms with Crippen LogP contribution in [0.4, 0.5) is 0 Å². The topological polar surface area (TPSA) is 68.2 Å². The summed E-state index contributed by atoms with van der Waals surface area (Å²) in [7, 11) is 0. The molecule has 0 radical (unpaired) electrons. The molecule has 0 spiro atoms. The van der Waals surface area contributed by atoms with Crippen LogP contribution in [0.25, 0.3) is 11.1 Å². The largest absolute Gasteiger partial charge is 0.493 e. The van der Waals surface area contributed by atoms with Gasteiger partial charge in [-0.15, -0.1) is 0 Å². The van der Waals surface area contributed by atoms with Crippen LogP contribution >= 0.6 is 0 Å². The van der Waals surface area contributed by atoms with E-state index in [1.165, 1.54) is 33.4 Å². The SMILES string of the molecule is Cc1cc(OCc2ccccc2)c2c(c1-c1cccc(COc3ccc4c(c3)OCC4CC(O)O)c1)CC2. The predicted octanol–water partition coefficient (Wildman–Crippen LogP) is 6.10. The molecule has 0 amide bonds. The maximum absolute atomic E-state index is 9.31. The molecule has 1 aliphatic carbocycles. The predicted molar refractivity (Wildman–Crippen MR) is 147 cm³/mol. The lowest BCUT2D eigenvalue weighted by Crippen LogP contribution is -2.14. The zero-order valence-electron chi connectivity index (χ0n) is 21.5. The van der Waals surface area contributed by atoms with Gasteiger partial charge in [0.05, 0.1) is 6.61 Å². The minimum Gasteiger partial charge on any atom is -0.493 e. The Kier molecular flexibility index (Phi) is 6.79. The average Bonchev–Trinajstić information content (AvgIpc) is 3.29. The molecule has 0 aromatic heterocycles. The molecule has 0 saturated heterocycles. The standard InChI is InChI=1S/C33H32O5/c1-21-14-30(37-18-22-6-3-2-4-7-22)28-12-13-29(28)33(21)24-9-5-8-23(15-24)19-36-26-10-11-27-25(16-32(34)35)20-38-31(27)17-26/h2-11,14-15,17,25,32,34-35H,12-13,16,18-20H2,1H3. The summed E-state index contributed by atoms with van der Waals surface area (Å²) >= 11 is 0. The van der Waals surface area contributed by atoms with Gasteiger partial charge in [0.1, 0.15) is 30.5 Å². The number of hydrogen-bond donors (Lipinski definition) is 2. The Morgan fingerprint density at radius 2 is 1.63 bits per heavy atom. The van der Waals surface area contributed by atoms with Gasteiger partial charge in [-0.25, -0.2) is 0 Å². The van der Waals surface area contributed by atoms with Gasteiger partial charge in [0.15, 0.2) is 6.29 Å². The second-order valence-corrected chi connectivity index (χ2v) is 10.2. The molecule has 1 heterocycles. The summed E-state index contributed by atoms with van der Waals surface area (Å²) in [6.07, 6.45) is 1.05. The molecule has 6 rings (SSSR count). The number of rotatable bonds is 9. The fourth-order valence-electron chi connectivity index (χ4n) is 5.56. The second kappa shape index (κ2) is 10.5. The molecule has 0 bridgehead atoms. The molecule has 1 unspecified atom stereocenters. The summed E-state index contributed by atoms with van der Waals surface area (Å²) in [6.45, 7) is 3.65. The van der Waals surface area contributed by atoms with E-state index < -0.39 is 6.29 Å². The molecule has 0 fully saturated rings. The highest BCUT2D eigenvalue weighted by Gasteiger charge is 2.27. The first-order valence-electron chi connectivity index (χ1n) is 13.2. The lowest BCUT2D eigenvalue weighted by molar-refractivity contribution is -0.0506. The van der Waals surface area contributed by atoms with Crippen LogP contribution in [-0.2, 0) is 26.1 Å². The first-order chi connectivity index (χ1) is 18.5. The van der Waals surface area contributed by atoms with E-state index in [1.807, 2.05) is 36.4 Å². The molecular weight excluding hydrogens is 476 g/mol. The van der Waals surface area contributed by atoms with E-state index >= 15 is 0 Å². The summed E-state index contributed by atoms with van der Waals surface area (Å²) in [5.74, 6) is 2.49. The van der Waals surface area contributed by atoms with E-state index in [0.717, 1.165) is 41.2 Å². The Morgan fingerprint density at radius 3 is 2.42 bits per heavy atom. The Morgan fingerprint density at radius 1 is 0.842 bits per heavy atom. The highest BCUT2D eigenvalue weighted by molar-refractivity contribution is 5.76. The number of aliphatic hydroxyl groups is 2. The Balaban J connectivity index is 1.16. The number of ether oxygens (including phenoxy) is 3. The molecule has 1 aliphatic heterocycles. The summed E-state index contributed by atoms with van der Waals surface area (Å²) in [5, 5.41) is 18.6. The van der Waals surface area contributed by atoms with E-state index in [-0.39, 0.29) is 12.3 Å². The third-order valence-electron chi connectivity index (χ3n) is 7.55. The van der Waals surface area contributed by atoms with Crippen LogP contribution in [0.3, 0.4) is 0 Å². The molecule has 5 nitrogen and oxygen atoms in total. The Hall–Kier alpha value is -3.80. The van der Waals surface area contributed by atoms with E-state index in [1.54, 1.807) is 0 Å². The van der Waals surface area contributed by atoms with Gasteiger partial charge >= 0.3 is 0 Å². The first-order valence-corrected chi connectivity index (χ1v) is 13.2. The molecule has 4 aromatic carbocycles. The monoisotopic (exact) mass is 508 g/mol. The maximum atomic E-state index is 9.31. The summed E-state index contributed by atoms with van der Waals surface area (Å²) < 4.78 is 18.1. The van der Waals surface area contributed by atoms with Gasteiger partial charge in [0, 0.05) is 24.0 Å². The quantitative estimate of drug-likeness (QED) is 0.268. The van der Waals surface area contributed by atoms with Gasteiger partial charge in [0.2, 0.25) is 0 Å². The fraction of sp³-hybridized carbons (Fsp3) is 0.273. The lowest BCUT2D eigenvalue weighted by atomic mass is 9.79. The summed E-state index contributed by atoms with van der Waals surface area (Å²) in [5.41, 5.74) is 9.73. The third-order valence-corrected chi connectivity index (χ3v) is 7.55. The van der Waals surface area contributed by atoms with Gasteiger partial charge in [-0.2, -0.15) is 0 Å². The van der Waals surface area contributed by atoms with Crippen LogP contribution in [0.2, 0.25) is 0 Å². The van der Waals surface area contributed by atoms with Crippen molar-refractivity contribution in [2.75, 3.05) is 6.61 Å². The van der Waals surface area contributed by atoms with Crippen molar-refractivity contribution in [3.63, 3.8) is 0 Å². The van der Waals surface area contributed by atoms with Crippen molar-refractivity contribution < 1.29 is 24.4 Å². The minimum absolute atomic E-state index is 0.00764. The van der Waals surface area contributed by atoms with Gasteiger partial charge in [-0.1, -0.05) is 54.6 Å². The molecular formula is C33H32O5. The van der Waals surface area contributed by atoms with Crippen molar-refractivity contribution in [1.82, 2.24) is 0 Å². The van der Waals surface area contributed by atoms with Crippen LogP contribution in [-0.4, -0.2) is 23.1 Å². The van der Waals surface area contributed by atoms with Crippen molar-refractivity contribution in [2.45, 2.75) is 51.6 Å².